The van der Waals surface area contributed by atoms with Crippen LogP contribution in [0.5, 0.6) is 0 Å². The molecular formula is C36H71NO4. The van der Waals surface area contributed by atoms with Gasteiger partial charge in [-0.15, -0.1) is 0 Å². The van der Waals surface area contributed by atoms with Gasteiger partial charge < -0.3 is 14.4 Å². The summed E-state index contributed by atoms with van der Waals surface area (Å²) in [7, 11) is 2.14. The summed E-state index contributed by atoms with van der Waals surface area (Å²) in [6.45, 7) is 9.31. The second-order valence-corrected chi connectivity index (χ2v) is 12.4. The maximum absolute atomic E-state index is 12.5. The number of carbonyl (C=O) groups excluding carboxylic acids is 2. The zero-order valence-corrected chi connectivity index (χ0v) is 28.2. The Morgan fingerprint density at radius 2 is 0.951 bits per heavy atom. The van der Waals surface area contributed by atoms with E-state index in [2.05, 4.69) is 32.7 Å². The lowest BCUT2D eigenvalue weighted by Gasteiger charge is -2.18. The fraction of sp³-hybridized carbons (Fsp3) is 0.944. The zero-order valence-electron chi connectivity index (χ0n) is 28.2. The molecule has 0 fully saturated rings. The molecule has 0 heterocycles. The Morgan fingerprint density at radius 3 is 1.56 bits per heavy atom. The summed E-state index contributed by atoms with van der Waals surface area (Å²) < 4.78 is 11.3. The van der Waals surface area contributed by atoms with Gasteiger partial charge in [-0.2, -0.15) is 0 Å². The van der Waals surface area contributed by atoms with Crippen LogP contribution in [0.1, 0.15) is 188 Å². The average molecular weight is 582 g/mol. The molecule has 1 atom stereocenters. The Labute approximate surface area is 256 Å². The van der Waals surface area contributed by atoms with Crippen molar-refractivity contribution in [3.05, 3.63) is 0 Å². The summed E-state index contributed by atoms with van der Waals surface area (Å²) in [5.41, 5.74) is 0. The first-order valence-electron chi connectivity index (χ1n) is 18.1. The lowest BCUT2D eigenvalue weighted by molar-refractivity contribution is -0.150. The van der Waals surface area contributed by atoms with E-state index < -0.39 is 0 Å². The van der Waals surface area contributed by atoms with Crippen LogP contribution in [0.3, 0.4) is 0 Å². The molecule has 0 N–H and O–H groups in total. The maximum Gasteiger partial charge on any atom is 0.306 e. The van der Waals surface area contributed by atoms with Gasteiger partial charge in [-0.1, -0.05) is 124 Å². The van der Waals surface area contributed by atoms with Crippen LogP contribution in [-0.4, -0.2) is 49.7 Å². The van der Waals surface area contributed by atoms with Crippen molar-refractivity contribution < 1.29 is 19.1 Å². The zero-order chi connectivity index (χ0) is 30.2. The van der Waals surface area contributed by atoms with E-state index in [0.717, 1.165) is 51.6 Å². The van der Waals surface area contributed by atoms with E-state index in [1.807, 2.05) is 0 Å². The molecule has 0 saturated carbocycles. The third-order valence-corrected chi connectivity index (χ3v) is 8.16. The monoisotopic (exact) mass is 582 g/mol. The average Bonchev–Trinajstić information content (AvgIpc) is 2.95. The standard InChI is InChI=1S/C36H71NO4/c1-5-8-11-14-15-20-25-33-40-35(38)30-26-32-37(4)31-24-19-16-18-23-29-36(39)41-34(27-21-13-10-7-3)28-22-17-12-9-6-2/h34H,5-33H2,1-4H3. The summed E-state index contributed by atoms with van der Waals surface area (Å²) in [4.78, 5) is 26.7. The lowest BCUT2D eigenvalue weighted by Crippen LogP contribution is -2.22. The Morgan fingerprint density at radius 1 is 0.512 bits per heavy atom. The number of esters is 2. The van der Waals surface area contributed by atoms with Gasteiger partial charge in [0.25, 0.3) is 0 Å². The molecule has 0 aromatic heterocycles. The fourth-order valence-electron chi connectivity index (χ4n) is 5.39. The highest BCUT2D eigenvalue weighted by molar-refractivity contribution is 5.69. The molecule has 5 heteroatoms. The van der Waals surface area contributed by atoms with Crippen LogP contribution in [-0.2, 0) is 19.1 Å². The Hall–Kier alpha value is -1.10. The molecule has 0 radical (unpaired) electrons. The van der Waals surface area contributed by atoms with E-state index in [0.29, 0.717) is 19.4 Å². The SMILES string of the molecule is CCCCCCCCCOC(=O)CCCN(C)CCCCCCCC(=O)OC(CCCCCC)CCCCCCC. The summed E-state index contributed by atoms with van der Waals surface area (Å²) >= 11 is 0. The highest BCUT2D eigenvalue weighted by atomic mass is 16.5. The van der Waals surface area contributed by atoms with Crippen molar-refractivity contribution >= 4 is 11.9 Å². The van der Waals surface area contributed by atoms with Crippen LogP contribution in [0.25, 0.3) is 0 Å². The van der Waals surface area contributed by atoms with Gasteiger partial charge in [-0.3, -0.25) is 9.59 Å². The third kappa shape index (κ3) is 30.2. The number of hydrogen-bond acceptors (Lipinski definition) is 5. The number of unbranched alkanes of at least 4 members (excludes halogenated alkanes) is 17. The van der Waals surface area contributed by atoms with Gasteiger partial charge in [0.15, 0.2) is 0 Å². The minimum atomic E-state index is -0.0438. The van der Waals surface area contributed by atoms with Crippen LogP contribution in [0.4, 0.5) is 0 Å². The van der Waals surface area contributed by atoms with Gasteiger partial charge in [0.2, 0.25) is 0 Å². The predicted octanol–water partition coefficient (Wildman–Crippen LogP) is 10.6. The van der Waals surface area contributed by atoms with Gasteiger partial charge in [0, 0.05) is 12.8 Å². The van der Waals surface area contributed by atoms with Crippen molar-refractivity contribution in [2.45, 2.75) is 194 Å². The van der Waals surface area contributed by atoms with Gasteiger partial charge in [0.05, 0.1) is 6.61 Å². The normalized spacial score (nSPS) is 12.1. The van der Waals surface area contributed by atoms with Gasteiger partial charge in [-0.05, 0) is 71.5 Å². The minimum absolute atomic E-state index is 0.0136. The molecule has 0 aliphatic heterocycles. The quantitative estimate of drug-likeness (QED) is 0.0584. The third-order valence-electron chi connectivity index (χ3n) is 8.16. The number of hydrogen-bond donors (Lipinski definition) is 0. The second-order valence-electron chi connectivity index (χ2n) is 12.4. The summed E-state index contributed by atoms with van der Waals surface area (Å²) in [6, 6.07) is 0. The van der Waals surface area contributed by atoms with E-state index in [1.165, 1.54) is 116 Å². The molecule has 0 saturated heterocycles. The van der Waals surface area contributed by atoms with Crippen LogP contribution in [0, 0.1) is 0 Å². The molecule has 0 rings (SSSR count). The smallest absolute Gasteiger partial charge is 0.306 e. The van der Waals surface area contributed by atoms with E-state index in [-0.39, 0.29) is 18.0 Å². The molecule has 5 nitrogen and oxygen atoms in total. The molecule has 0 spiro atoms. The topological polar surface area (TPSA) is 55.8 Å². The number of nitrogens with zero attached hydrogens (tertiary/aromatic N) is 1. The van der Waals surface area contributed by atoms with Crippen molar-refractivity contribution in [3.8, 4) is 0 Å². The minimum Gasteiger partial charge on any atom is -0.466 e. The van der Waals surface area contributed by atoms with Crippen molar-refractivity contribution in [1.29, 1.82) is 0 Å². The molecule has 0 aliphatic carbocycles. The van der Waals surface area contributed by atoms with Crippen molar-refractivity contribution in [2.24, 2.45) is 0 Å². The molecular weight excluding hydrogens is 510 g/mol. The number of ether oxygens (including phenoxy) is 2. The highest BCUT2D eigenvalue weighted by Crippen LogP contribution is 2.17. The summed E-state index contributed by atoms with van der Waals surface area (Å²) in [5, 5.41) is 0. The Kier molecular flexibility index (Phi) is 31.0. The number of carbonyl (C=O) groups is 2. The molecule has 1 unspecified atom stereocenters. The first-order valence-corrected chi connectivity index (χ1v) is 18.1. The molecule has 41 heavy (non-hydrogen) atoms. The largest absolute Gasteiger partial charge is 0.466 e. The predicted molar refractivity (Wildman–Crippen MR) is 175 cm³/mol. The van der Waals surface area contributed by atoms with Crippen LogP contribution in [0.15, 0.2) is 0 Å². The van der Waals surface area contributed by atoms with Crippen LogP contribution < -0.4 is 0 Å². The van der Waals surface area contributed by atoms with Gasteiger partial charge in [-0.25, -0.2) is 0 Å². The van der Waals surface area contributed by atoms with E-state index >= 15 is 0 Å². The van der Waals surface area contributed by atoms with Crippen LogP contribution >= 0.6 is 0 Å². The Bertz CT molecular complexity index is 568. The van der Waals surface area contributed by atoms with Gasteiger partial charge >= 0.3 is 11.9 Å². The molecule has 0 amide bonds. The van der Waals surface area contributed by atoms with E-state index in [4.69, 9.17) is 9.47 Å². The molecule has 0 aliphatic rings. The van der Waals surface area contributed by atoms with E-state index in [9.17, 15) is 9.59 Å². The fourth-order valence-corrected chi connectivity index (χ4v) is 5.39. The second kappa shape index (κ2) is 31.8. The summed E-state index contributed by atoms with van der Waals surface area (Å²) in [6.07, 6.45) is 29.7. The van der Waals surface area contributed by atoms with Crippen molar-refractivity contribution in [3.63, 3.8) is 0 Å². The summed E-state index contributed by atoms with van der Waals surface area (Å²) in [5.74, 6) is -0.0302. The van der Waals surface area contributed by atoms with Crippen molar-refractivity contribution in [2.75, 3.05) is 26.7 Å². The molecule has 244 valence electrons. The molecule has 0 bridgehead atoms. The number of rotatable bonds is 32. The first kappa shape index (κ1) is 39.9. The Balaban J connectivity index is 3.75. The van der Waals surface area contributed by atoms with E-state index in [1.54, 1.807) is 0 Å². The van der Waals surface area contributed by atoms with Gasteiger partial charge in [0.1, 0.15) is 6.10 Å². The maximum atomic E-state index is 12.5. The van der Waals surface area contributed by atoms with Crippen LogP contribution in [0.2, 0.25) is 0 Å². The molecule has 0 aromatic carbocycles. The first-order chi connectivity index (χ1) is 20.0. The lowest BCUT2D eigenvalue weighted by atomic mass is 10.0. The molecule has 0 aromatic rings. The highest BCUT2D eigenvalue weighted by Gasteiger charge is 2.14. The van der Waals surface area contributed by atoms with Crippen molar-refractivity contribution in [1.82, 2.24) is 4.90 Å².